The van der Waals surface area contributed by atoms with Crippen molar-refractivity contribution in [1.29, 1.82) is 0 Å². The van der Waals surface area contributed by atoms with E-state index in [2.05, 4.69) is 0 Å². The summed E-state index contributed by atoms with van der Waals surface area (Å²) in [6.07, 6.45) is -4.17. The zero-order valence-corrected chi connectivity index (χ0v) is 18.6. The number of thiophene rings is 1. The Labute approximate surface area is 185 Å². The molecule has 0 aliphatic carbocycles. The van der Waals surface area contributed by atoms with Gasteiger partial charge in [-0.25, -0.2) is 0 Å². The third kappa shape index (κ3) is 3.92. The third-order valence-electron chi connectivity index (χ3n) is 5.21. The largest absolute Gasteiger partial charge is 0.416 e. The van der Waals surface area contributed by atoms with E-state index in [1.54, 1.807) is 25.6 Å². The first kappa shape index (κ1) is 21.7. The summed E-state index contributed by atoms with van der Waals surface area (Å²) in [6, 6.07) is 6.93. The number of benzene rings is 1. The maximum absolute atomic E-state index is 13.5. The monoisotopic (exact) mass is 464 g/mol. The summed E-state index contributed by atoms with van der Waals surface area (Å²) in [5.41, 5.74) is 1.07. The van der Waals surface area contributed by atoms with Crippen LogP contribution in [0.15, 0.2) is 50.8 Å². The number of hydrogen-bond donors (Lipinski definition) is 0. The highest BCUT2D eigenvalue weighted by Gasteiger charge is 2.34. The predicted octanol–water partition coefficient (Wildman–Crippen LogP) is 5.32. The maximum atomic E-state index is 13.5. The molecule has 4 rings (SSSR count). The molecule has 0 N–H and O–H groups in total. The van der Waals surface area contributed by atoms with Crippen LogP contribution in [0.2, 0.25) is 0 Å². The fourth-order valence-corrected chi connectivity index (χ4v) is 5.81. The van der Waals surface area contributed by atoms with E-state index >= 15 is 0 Å². The molecule has 1 unspecified atom stereocenters. The number of amides is 1. The number of fused-ring (bicyclic) bond motifs is 3. The van der Waals surface area contributed by atoms with E-state index in [4.69, 9.17) is 0 Å². The Hall–Kier alpha value is -2.52. The van der Waals surface area contributed by atoms with Crippen LogP contribution in [-0.4, -0.2) is 29.5 Å². The topological polar surface area (TPSA) is 42.3 Å². The number of pyridine rings is 1. The van der Waals surface area contributed by atoms with Crippen molar-refractivity contribution in [3.8, 4) is 5.69 Å². The van der Waals surface area contributed by atoms with Gasteiger partial charge in [0.2, 0.25) is 0 Å². The molecule has 0 saturated heterocycles. The second-order valence-corrected chi connectivity index (χ2v) is 9.58. The minimum atomic E-state index is -4.51. The molecule has 1 aliphatic heterocycles. The maximum Gasteiger partial charge on any atom is 0.416 e. The van der Waals surface area contributed by atoms with Crippen LogP contribution in [0, 0.1) is 6.92 Å². The molecule has 1 aliphatic rings. The van der Waals surface area contributed by atoms with Gasteiger partial charge in [0.25, 0.3) is 5.91 Å². The number of aromatic nitrogens is 1. The van der Waals surface area contributed by atoms with Crippen LogP contribution in [0.4, 0.5) is 13.2 Å². The molecular formula is C22H19F3N2O2S2. The molecule has 0 saturated carbocycles. The van der Waals surface area contributed by atoms with E-state index in [0.29, 0.717) is 28.4 Å². The van der Waals surface area contributed by atoms with Crippen LogP contribution >= 0.6 is 23.1 Å². The van der Waals surface area contributed by atoms with Crippen LogP contribution in [0.1, 0.15) is 38.1 Å². The minimum Gasteiger partial charge on any atom is -0.345 e. The zero-order chi connectivity index (χ0) is 22.5. The van der Waals surface area contributed by atoms with Crippen molar-refractivity contribution >= 4 is 29.0 Å². The van der Waals surface area contributed by atoms with Gasteiger partial charge in [0, 0.05) is 48.1 Å². The smallest absolute Gasteiger partial charge is 0.345 e. The first-order valence-electron chi connectivity index (χ1n) is 9.45. The molecule has 3 heterocycles. The molecule has 3 aromatic rings. The molecule has 4 nitrogen and oxygen atoms in total. The molecule has 1 atom stereocenters. The van der Waals surface area contributed by atoms with Gasteiger partial charge in [-0.3, -0.25) is 9.59 Å². The van der Waals surface area contributed by atoms with Gasteiger partial charge >= 0.3 is 6.18 Å². The van der Waals surface area contributed by atoms with Crippen molar-refractivity contribution in [2.45, 2.75) is 29.7 Å². The minimum absolute atomic E-state index is 0.00157. The quantitative estimate of drug-likeness (QED) is 0.516. The van der Waals surface area contributed by atoms with E-state index in [0.717, 1.165) is 17.7 Å². The Morgan fingerprint density at radius 2 is 1.94 bits per heavy atom. The SMILES string of the molecule is Cc1cc(=O)c(C(=O)N(C)C)c2n1-c1cc(C(F)(F)F)ccc1SC(c1ccsc1)C2. The molecule has 0 fully saturated rings. The van der Waals surface area contributed by atoms with Gasteiger partial charge in [-0.05, 0) is 47.5 Å². The average Bonchev–Trinajstić information content (AvgIpc) is 3.15. The van der Waals surface area contributed by atoms with Gasteiger partial charge in [0.15, 0.2) is 5.43 Å². The Bertz CT molecular complexity index is 1210. The molecule has 0 spiro atoms. The number of aryl methyl sites for hydroxylation is 1. The van der Waals surface area contributed by atoms with Crippen LogP contribution in [-0.2, 0) is 12.6 Å². The summed E-state index contributed by atoms with van der Waals surface area (Å²) < 4.78 is 42.1. The Morgan fingerprint density at radius 3 is 2.55 bits per heavy atom. The van der Waals surface area contributed by atoms with Gasteiger partial charge in [-0.1, -0.05) is 0 Å². The summed E-state index contributed by atoms with van der Waals surface area (Å²) >= 11 is 2.97. The predicted molar refractivity (Wildman–Crippen MR) is 116 cm³/mol. The number of nitrogens with zero attached hydrogens (tertiary/aromatic N) is 2. The van der Waals surface area contributed by atoms with E-state index < -0.39 is 23.1 Å². The fraction of sp³-hybridized carbons (Fsp3) is 0.273. The first-order chi connectivity index (χ1) is 14.6. The molecule has 1 amide bonds. The van der Waals surface area contributed by atoms with Crippen molar-refractivity contribution in [2.24, 2.45) is 0 Å². The molecule has 31 heavy (non-hydrogen) atoms. The zero-order valence-electron chi connectivity index (χ0n) is 17.0. The van der Waals surface area contributed by atoms with Crippen LogP contribution in [0.3, 0.4) is 0 Å². The molecule has 0 radical (unpaired) electrons. The molecule has 9 heteroatoms. The van der Waals surface area contributed by atoms with Gasteiger partial charge in [-0.2, -0.15) is 24.5 Å². The highest BCUT2D eigenvalue weighted by molar-refractivity contribution is 7.99. The summed E-state index contributed by atoms with van der Waals surface area (Å²) in [7, 11) is 3.10. The van der Waals surface area contributed by atoms with E-state index in [9.17, 15) is 22.8 Å². The second-order valence-electron chi connectivity index (χ2n) is 7.55. The van der Waals surface area contributed by atoms with Crippen molar-refractivity contribution in [3.05, 3.63) is 79.4 Å². The summed E-state index contributed by atoms with van der Waals surface area (Å²) in [5, 5.41) is 3.77. The van der Waals surface area contributed by atoms with Crippen molar-refractivity contribution in [2.75, 3.05) is 14.1 Å². The van der Waals surface area contributed by atoms with Crippen LogP contribution in [0.5, 0.6) is 0 Å². The molecule has 2 aromatic heterocycles. The highest BCUT2D eigenvalue weighted by Crippen LogP contribution is 2.46. The fourth-order valence-electron chi connectivity index (χ4n) is 3.76. The number of rotatable bonds is 2. The van der Waals surface area contributed by atoms with E-state index in [1.807, 2.05) is 16.8 Å². The summed E-state index contributed by atoms with van der Waals surface area (Å²) in [4.78, 5) is 27.8. The van der Waals surface area contributed by atoms with Crippen molar-refractivity contribution < 1.29 is 18.0 Å². The molecule has 0 bridgehead atoms. The Morgan fingerprint density at radius 1 is 1.19 bits per heavy atom. The number of carbonyl (C=O) groups excluding carboxylic acids is 1. The Balaban J connectivity index is 2.06. The second kappa shape index (κ2) is 7.87. The van der Waals surface area contributed by atoms with Gasteiger partial charge < -0.3 is 9.47 Å². The molecular weight excluding hydrogens is 445 g/mol. The van der Waals surface area contributed by atoms with Gasteiger partial charge in [-0.15, -0.1) is 11.8 Å². The molecule has 162 valence electrons. The van der Waals surface area contributed by atoms with Gasteiger partial charge in [0.1, 0.15) is 5.56 Å². The van der Waals surface area contributed by atoms with E-state index in [-0.39, 0.29) is 10.8 Å². The number of carbonyl (C=O) groups is 1. The van der Waals surface area contributed by atoms with Crippen molar-refractivity contribution in [3.63, 3.8) is 0 Å². The summed E-state index contributed by atoms with van der Waals surface area (Å²) in [6.45, 7) is 1.68. The third-order valence-corrected chi connectivity index (χ3v) is 7.23. The Kier molecular flexibility index (Phi) is 5.51. The lowest BCUT2D eigenvalue weighted by Gasteiger charge is -2.21. The number of halogens is 3. The average molecular weight is 465 g/mol. The lowest BCUT2D eigenvalue weighted by atomic mass is 10.0. The number of hydrogen-bond acceptors (Lipinski definition) is 4. The van der Waals surface area contributed by atoms with E-state index in [1.165, 1.54) is 40.1 Å². The normalized spacial score (nSPS) is 15.7. The molecule has 1 aromatic carbocycles. The first-order valence-corrected chi connectivity index (χ1v) is 11.3. The van der Waals surface area contributed by atoms with Crippen LogP contribution in [0.25, 0.3) is 5.69 Å². The highest BCUT2D eigenvalue weighted by atomic mass is 32.2. The lowest BCUT2D eigenvalue weighted by Crippen LogP contribution is -2.32. The number of alkyl halides is 3. The van der Waals surface area contributed by atoms with Crippen molar-refractivity contribution in [1.82, 2.24) is 9.47 Å². The standard InChI is InChI=1S/C22H19F3N2O2S2/c1-12-8-17(28)20(21(29)26(2)3)16-10-19(13-6-7-30-11-13)31-18-5-4-14(22(23,24)25)9-15(18)27(12)16/h4-9,11,19H,10H2,1-3H3. The van der Waals surface area contributed by atoms with Gasteiger partial charge in [0.05, 0.1) is 11.3 Å². The lowest BCUT2D eigenvalue weighted by molar-refractivity contribution is -0.137. The number of thioether (sulfide) groups is 1. The summed E-state index contributed by atoms with van der Waals surface area (Å²) in [5.74, 6) is -0.460. The van der Waals surface area contributed by atoms with Crippen LogP contribution < -0.4 is 5.43 Å².